The molecule has 1 atom stereocenters. The molecule has 5 heteroatoms. The lowest BCUT2D eigenvalue weighted by Crippen LogP contribution is -2.30. The number of rotatable bonds is 3. The van der Waals surface area contributed by atoms with Gasteiger partial charge >= 0.3 is 0 Å². The molecule has 0 aliphatic carbocycles. The molecule has 0 fully saturated rings. The van der Waals surface area contributed by atoms with Crippen LogP contribution in [0, 0.1) is 11.3 Å². The van der Waals surface area contributed by atoms with Crippen LogP contribution in [0.1, 0.15) is 34.6 Å². The SMILES string of the molecule is C[C@H](c1ccon1)N(C)C(=O)c1ccccc1C#N. The van der Waals surface area contributed by atoms with Gasteiger partial charge in [0.25, 0.3) is 5.91 Å². The van der Waals surface area contributed by atoms with Gasteiger partial charge in [-0.1, -0.05) is 17.3 Å². The maximum atomic E-state index is 12.4. The summed E-state index contributed by atoms with van der Waals surface area (Å²) < 4.78 is 4.78. The van der Waals surface area contributed by atoms with Crippen LogP contribution in [0.4, 0.5) is 0 Å². The molecule has 19 heavy (non-hydrogen) atoms. The molecule has 2 rings (SSSR count). The number of carbonyl (C=O) groups excluding carboxylic acids is 1. The minimum Gasteiger partial charge on any atom is -0.364 e. The lowest BCUT2D eigenvalue weighted by atomic mass is 10.1. The molecular weight excluding hydrogens is 242 g/mol. The number of aromatic nitrogens is 1. The lowest BCUT2D eigenvalue weighted by molar-refractivity contribution is 0.0737. The molecule has 0 radical (unpaired) electrons. The molecule has 1 amide bonds. The zero-order chi connectivity index (χ0) is 13.8. The Kier molecular flexibility index (Phi) is 3.62. The van der Waals surface area contributed by atoms with Crippen LogP contribution in [-0.2, 0) is 0 Å². The number of hydrogen-bond acceptors (Lipinski definition) is 4. The van der Waals surface area contributed by atoms with Crippen LogP contribution in [0.3, 0.4) is 0 Å². The summed E-state index contributed by atoms with van der Waals surface area (Å²) in [6.07, 6.45) is 1.47. The normalized spacial score (nSPS) is 11.6. The van der Waals surface area contributed by atoms with Crippen LogP contribution in [0.5, 0.6) is 0 Å². The molecule has 96 valence electrons. The van der Waals surface area contributed by atoms with Gasteiger partial charge in [-0.15, -0.1) is 0 Å². The summed E-state index contributed by atoms with van der Waals surface area (Å²) in [7, 11) is 1.68. The quantitative estimate of drug-likeness (QED) is 0.844. The fourth-order valence-electron chi connectivity index (χ4n) is 1.77. The highest BCUT2D eigenvalue weighted by molar-refractivity contribution is 5.96. The van der Waals surface area contributed by atoms with Gasteiger partial charge in [-0.25, -0.2) is 0 Å². The van der Waals surface area contributed by atoms with Gasteiger partial charge in [0.1, 0.15) is 12.0 Å². The third kappa shape index (κ3) is 2.47. The van der Waals surface area contributed by atoms with Crippen LogP contribution in [-0.4, -0.2) is 23.0 Å². The van der Waals surface area contributed by atoms with Crippen molar-refractivity contribution >= 4 is 5.91 Å². The molecule has 0 spiro atoms. The van der Waals surface area contributed by atoms with Gasteiger partial charge in [-0.3, -0.25) is 4.79 Å². The van der Waals surface area contributed by atoms with Crippen molar-refractivity contribution in [2.75, 3.05) is 7.05 Å². The van der Waals surface area contributed by atoms with Crippen molar-refractivity contribution in [3.8, 4) is 6.07 Å². The average molecular weight is 255 g/mol. The maximum absolute atomic E-state index is 12.4. The predicted molar refractivity (Wildman–Crippen MR) is 68.2 cm³/mol. The topological polar surface area (TPSA) is 70.1 Å². The third-order valence-corrected chi connectivity index (χ3v) is 3.07. The molecule has 5 nitrogen and oxygen atoms in total. The Hall–Kier alpha value is -2.61. The number of amides is 1. The van der Waals surface area contributed by atoms with E-state index in [-0.39, 0.29) is 11.9 Å². The van der Waals surface area contributed by atoms with Crippen molar-refractivity contribution < 1.29 is 9.32 Å². The van der Waals surface area contributed by atoms with E-state index in [4.69, 9.17) is 9.78 Å². The van der Waals surface area contributed by atoms with E-state index in [0.29, 0.717) is 16.8 Å². The van der Waals surface area contributed by atoms with Crippen molar-refractivity contribution in [1.29, 1.82) is 5.26 Å². The van der Waals surface area contributed by atoms with E-state index in [2.05, 4.69) is 5.16 Å². The van der Waals surface area contributed by atoms with Crippen molar-refractivity contribution in [3.63, 3.8) is 0 Å². The lowest BCUT2D eigenvalue weighted by Gasteiger charge is -2.23. The molecule has 0 N–H and O–H groups in total. The molecule has 1 heterocycles. The fraction of sp³-hybridized carbons (Fsp3) is 0.214. The predicted octanol–water partition coefficient (Wildman–Crippen LogP) is 2.38. The van der Waals surface area contributed by atoms with Crippen molar-refractivity contribution in [2.45, 2.75) is 13.0 Å². The molecular formula is C14H13N3O2. The first kappa shape index (κ1) is 12.8. The number of hydrogen-bond donors (Lipinski definition) is 0. The van der Waals surface area contributed by atoms with E-state index in [1.165, 1.54) is 11.2 Å². The summed E-state index contributed by atoms with van der Waals surface area (Å²) in [5.41, 5.74) is 1.43. The van der Waals surface area contributed by atoms with Crippen molar-refractivity contribution in [1.82, 2.24) is 10.1 Å². The van der Waals surface area contributed by atoms with Crippen molar-refractivity contribution in [3.05, 3.63) is 53.4 Å². The summed E-state index contributed by atoms with van der Waals surface area (Å²) in [6, 6.07) is 10.3. The van der Waals surface area contributed by atoms with Gasteiger partial charge in [0.05, 0.1) is 23.2 Å². The first-order valence-corrected chi connectivity index (χ1v) is 5.81. The number of nitriles is 1. The Labute approximate surface area is 111 Å². The van der Waals surface area contributed by atoms with Gasteiger partial charge in [0, 0.05) is 13.1 Å². The van der Waals surface area contributed by atoms with Crippen LogP contribution in [0.2, 0.25) is 0 Å². The number of carbonyl (C=O) groups is 1. The largest absolute Gasteiger partial charge is 0.364 e. The minimum absolute atomic E-state index is 0.215. The molecule has 1 aromatic heterocycles. The second-order valence-electron chi connectivity index (χ2n) is 4.17. The van der Waals surface area contributed by atoms with E-state index in [9.17, 15) is 4.79 Å². The molecule has 0 unspecified atom stereocenters. The Morgan fingerprint density at radius 2 is 2.16 bits per heavy atom. The Bertz CT molecular complexity index is 614. The summed E-state index contributed by atoms with van der Waals surface area (Å²) >= 11 is 0. The Morgan fingerprint density at radius 1 is 1.42 bits per heavy atom. The minimum atomic E-state index is -0.224. The molecule has 0 saturated heterocycles. The van der Waals surface area contributed by atoms with Crippen molar-refractivity contribution in [2.24, 2.45) is 0 Å². The second kappa shape index (κ2) is 5.36. The van der Waals surface area contributed by atoms with Crippen LogP contribution in [0.15, 0.2) is 41.1 Å². The smallest absolute Gasteiger partial charge is 0.255 e. The summed E-state index contributed by atoms with van der Waals surface area (Å²) in [5, 5.41) is 12.8. The summed E-state index contributed by atoms with van der Waals surface area (Å²) in [5.74, 6) is -0.215. The summed E-state index contributed by atoms with van der Waals surface area (Å²) in [6.45, 7) is 1.85. The standard InChI is InChI=1S/C14H13N3O2/c1-10(13-7-8-19-16-13)17(2)14(18)12-6-4-3-5-11(12)9-15/h3-8,10H,1-2H3/t10-/m1/s1. The van der Waals surface area contributed by atoms with E-state index >= 15 is 0 Å². The third-order valence-electron chi connectivity index (χ3n) is 3.07. The highest BCUT2D eigenvalue weighted by Crippen LogP contribution is 2.20. The van der Waals surface area contributed by atoms with Gasteiger partial charge in [-0.2, -0.15) is 5.26 Å². The van der Waals surface area contributed by atoms with E-state index in [1.54, 1.807) is 37.4 Å². The Morgan fingerprint density at radius 3 is 2.79 bits per heavy atom. The van der Waals surface area contributed by atoms with Gasteiger partial charge in [0.15, 0.2) is 0 Å². The first-order chi connectivity index (χ1) is 9.15. The number of nitrogens with zero attached hydrogens (tertiary/aromatic N) is 3. The Balaban J connectivity index is 2.27. The molecule has 2 aromatic rings. The fourth-order valence-corrected chi connectivity index (χ4v) is 1.77. The monoisotopic (exact) mass is 255 g/mol. The molecule has 0 aliphatic rings. The van der Waals surface area contributed by atoms with E-state index in [0.717, 1.165) is 0 Å². The molecule has 1 aromatic carbocycles. The highest BCUT2D eigenvalue weighted by Gasteiger charge is 2.22. The van der Waals surface area contributed by atoms with E-state index < -0.39 is 0 Å². The second-order valence-corrected chi connectivity index (χ2v) is 4.17. The zero-order valence-electron chi connectivity index (χ0n) is 10.7. The van der Waals surface area contributed by atoms with Crippen LogP contribution < -0.4 is 0 Å². The first-order valence-electron chi connectivity index (χ1n) is 5.81. The van der Waals surface area contributed by atoms with Crippen LogP contribution in [0.25, 0.3) is 0 Å². The summed E-state index contributed by atoms with van der Waals surface area (Å²) in [4.78, 5) is 13.9. The highest BCUT2D eigenvalue weighted by atomic mass is 16.5. The zero-order valence-corrected chi connectivity index (χ0v) is 10.7. The van der Waals surface area contributed by atoms with E-state index in [1.807, 2.05) is 13.0 Å². The average Bonchev–Trinajstić information content (AvgIpc) is 2.99. The van der Waals surface area contributed by atoms with Gasteiger partial charge in [-0.05, 0) is 19.1 Å². The van der Waals surface area contributed by atoms with Gasteiger partial charge < -0.3 is 9.42 Å². The molecule has 0 bridgehead atoms. The maximum Gasteiger partial charge on any atom is 0.255 e. The molecule has 0 aliphatic heterocycles. The van der Waals surface area contributed by atoms with Gasteiger partial charge in [0.2, 0.25) is 0 Å². The molecule has 0 saturated carbocycles. The number of benzene rings is 1. The van der Waals surface area contributed by atoms with Crippen LogP contribution >= 0.6 is 0 Å².